The number of carboxylic acids is 1. The van der Waals surface area contributed by atoms with Crippen LogP contribution in [0.4, 0.5) is 4.79 Å². The van der Waals surface area contributed by atoms with Gasteiger partial charge in [-0.25, -0.2) is 9.59 Å². The maximum Gasteiger partial charge on any atom is 0.329 e. The van der Waals surface area contributed by atoms with Gasteiger partial charge in [-0.2, -0.15) is 0 Å². The monoisotopic (exact) mass is 300 g/mol. The summed E-state index contributed by atoms with van der Waals surface area (Å²) in [6, 6.07) is -0.0442. The molecule has 2 aliphatic heterocycles. The third-order valence-corrected chi connectivity index (χ3v) is 3.97. The lowest BCUT2D eigenvalue weighted by molar-refractivity contribution is -0.145. The second-order valence-electron chi connectivity index (χ2n) is 5.66. The summed E-state index contributed by atoms with van der Waals surface area (Å²) in [5.74, 6) is -0.538. The number of urea groups is 1. The Morgan fingerprint density at radius 2 is 2.05 bits per heavy atom. The van der Waals surface area contributed by atoms with Gasteiger partial charge in [0, 0.05) is 26.2 Å². The predicted molar refractivity (Wildman–Crippen MR) is 75.1 cm³/mol. The van der Waals surface area contributed by atoms with E-state index >= 15 is 0 Å². The van der Waals surface area contributed by atoms with Crippen molar-refractivity contribution >= 4 is 12.0 Å². The van der Waals surface area contributed by atoms with Crippen LogP contribution in [0.5, 0.6) is 0 Å². The number of likely N-dealkylation sites (tertiary alicyclic amines) is 1. The largest absolute Gasteiger partial charge is 0.480 e. The van der Waals surface area contributed by atoms with E-state index in [0.717, 1.165) is 26.1 Å². The summed E-state index contributed by atoms with van der Waals surface area (Å²) >= 11 is 0. The van der Waals surface area contributed by atoms with Gasteiger partial charge in [-0.15, -0.1) is 0 Å². The van der Waals surface area contributed by atoms with Gasteiger partial charge in [0.1, 0.15) is 6.61 Å². The fourth-order valence-electron chi connectivity index (χ4n) is 2.73. The van der Waals surface area contributed by atoms with Gasteiger partial charge in [0.05, 0.1) is 12.7 Å². The molecule has 2 N–H and O–H groups in total. The van der Waals surface area contributed by atoms with Crippen molar-refractivity contribution in [2.24, 2.45) is 5.92 Å². The van der Waals surface area contributed by atoms with Crippen molar-refractivity contribution in [3.8, 4) is 0 Å². The summed E-state index contributed by atoms with van der Waals surface area (Å²) in [5, 5.41) is 11.5. The van der Waals surface area contributed by atoms with Gasteiger partial charge < -0.3 is 24.8 Å². The van der Waals surface area contributed by atoms with Crippen molar-refractivity contribution in [1.82, 2.24) is 10.2 Å². The summed E-state index contributed by atoms with van der Waals surface area (Å²) in [7, 11) is 0. The summed E-state index contributed by atoms with van der Waals surface area (Å²) in [6.07, 6.45) is 3.48. The number of rotatable bonds is 5. The lowest BCUT2D eigenvalue weighted by atomic mass is 10.0. The first kappa shape index (κ1) is 16.0. The average molecular weight is 300 g/mol. The predicted octanol–water partition coefficient (Wildman–Crippen LogP) is 0.688. The number of nitrogens with one attached hydrogen (secondary N) is 1. The number of ether oxygens (including phenoxy) is 2. The standard InChI is InChI=1S/C14H24N2O5/c17-13(18)10-21-12-3-5-16(6-4-12)14(19)15-8-11-2-1-7-20-9-11/h11-12H,1-10H2,(H,15,19)(H,17,18). The van der Waals surface area contributed by atoms with Gasteiger partial charge in [-0.1, -0.05) is 0 Å². The zero-order valence-electron chi connectivity index (χ0n) is 12.3. The van der Waals surface area contributed by atoms with Gasteiger partial charge in [0.15, 0.2) is 0 Å². The van der Waals surface area contributed by atoms with Crippen LogP contribution in [0.15, 0.2) is 0 Å². The number of carboxylic acid groups (broad SMARTS) is 1. The van der Waals surface area contributed by atoms with Crippen LogP contribution in [0.1, 0.15) is 25.7 Å². The molecule has 0 bridgehead atoms. The van der Waals surface area contributed by atoms with E-state index in [1.165, 1.54) is 0 Å². The Hall–Kier alpha value is -1.34. The Labute approximate surface area is 124 Å². The molecule has 0 aromatic rings. The van der Waals surface area contributed by atoms with Crippen LogP contribution >= 0.6 is 0 Å². The molecule has 2 rings (SSSR count). The lowest BCUT2D eigenvalue weighted by Gasteiger charge is -2.32. The highest BCUT2D eigenvalue weighted by molar-refractivity contribution is 5.74. The number of aliphatic carboxylic acids is 1. The highest BCUT2D eigenvalue weighted by atomic mass is 16.5. The quantitative estimate of drug-likeness (QED) is 0.780. The van der Waals surface area contributed by atoms with Crippen molar-refractivity contribution in [2.45, 2.75) is 31.8 Å². The van der Waals surface area contributed by atoms with E-state index in [4.69, 9.17) is 14.6 Å². The molecule has 7 nitrogen and oxygen atoms in total. The van der Waals surface area contributed by atoms with Crippen LogP contribution in [0.3, 0.4) is 0 Å². The zero-order valence-corrected chi connectivity index (χ0v) is 12.3. The number of hydrogen-bond acceptors (Lipinski definition) is 4. The molecule has 2 heterocycles. The normalized spacial score (nSPS) is 23.8. The van der Waals surface area contributed by atoms with Crippen LogP contribution in [0.2, 0.25) is 0 Å². The summed E-state index contributed by atoms with van der Waals surface area (Å²) in [5.41, 5.74) is 0. The SMILES string of the molecule is O=C(O)COC1CCN(C(=O)NCC2CCCOC2)CC1. The summed E-state index contributed by atoms with van der Waals surface area (Å²) in [6.45, 7) is 3.17. The molecular formula is C14H24N2O5. The molecule has 21 heavy (non-hydrogen) atoms. The molecule has 2 saturated heterocycles. The Kier molecular flexibility index (Phi) is 6.25. The second-order valence-corrected chi connectivity index (χ2v) is 5.66. The first-order valence-corrected chi connectivity index (χ1v) is 7.59. The smallest absolute Gasteiger partial charge is 0.329 e. The van der Waals surface area contributed by atoms with E-state index in [1.807, 2.05) is 0 Å². The topological polar surface area (TPSA) is 88.1 Å². The van der Waals surface area contributed by atoms with Crippen LogP contribution < -0.4 is 5.32 Å². The van der Waals surface area contributed by atoms with Crippen molar-refractivity contribution in [3.05, 3.63) is 0 Å². The number of hydrogen-bond donors (Lipinski definition) is 2. The molecule has 0 spiro atoms. The van der Waals surface area contributed by atoms with E-state index in [9.17, 15) is 9.59 Å². The summed E-state index contributed by atoms with van der Waals surface area (Å²) < 4.78 is 10.6. The number of piperidine rings is 1. The Morgan fingerprint density at radius 3 is 2.67 bits per heavy atom. The molecule has 0 aromatic carbocycles. The minimum absolute atomic E-state index is 0.0442. The minimum Gasteiger partial charge on any atom is -0.480 e. The van der Waals surface area contributed by atoms with E-state index in [-0.39, 0.29) is 18.7 Å². The molecule has 0 aromatic heterocycles. The summed E-state index contributed by atoms with van der Waals surface area (Å²) in [4.78, 5) is 24.3. The highest BCUT2D eigenvalue weighted by Gasteiger charge is 2.24. The average Bonchev–Trinajstić information content (AvgIpc) is 2.52. The molecule has 120 valence electrons. The highest BCUT2D eigenvalue weighted by Crippen LogP contribution is 2.15. The van der Waals surface area contributed by atoms with Gasteiger partial charge in [0.2, 0.25) is 0 Å². The van der Waals surface area contributed by atoms with Crippen LogP contribution in [-0.2, 0) is 14.3 Å². The van der Waals surface area contributed by atoms with E-state index in [2.05, 4.69) is 5.32 Å². The van der Waals surface area contributed by atoms with E-state index < -0.39 is 5.97 Å². The third-order valence-electron chi connectivity index (χ3n) is 3.97. The molecule has 1 atom stereocenters. The Balaban J connectivity index is 1.62. The van der Waals surface area contributed by atoms with Gasteiger partial charge in [0.25, 0.3) is 0 Å². The fraction of sp³-hybridized carbons (Fsp3) is 0.857. The van der Waals surface area contributed by atoms with Crippen molar-refractivity contribution in [1.29, 1.82) is 0 Å². The molecule has 0 aliphatic carbocycles. The molecule has 0 radical (unpaired) electrons. The van der Waals surface area contributed by atoms with Crippen LogP contribution in [-0.4, -0.2) is 67.6 Å². The number of carbonyl (C=O) groups excluding carboxylic acids is 1. The maximum atomic E-state index is 12.1. The van der Waals surface area contributed by atoms with Crippen LogP contribution in [0.25, 0.3) is 0 Å². The van der Waals surface area contributed by atoms with E-state index in [0.29, 0.717) is 38.4 Å². The molecular weight excluding hydrogens is 276 g/mol. The van der Waals surface area contributed by atoms with Gasteiger partial charge in [-0.3, -0.25) is 0 Å². The fourth-order valence-corrected chi connectivity index (χ4v) is 2.73. The first-order chi connectivity index (χ1) is 10.1. The molecule has 0 saturated carbocycles. The van der Waals surface area contributed by atoms with Gasteiger partial charge in [-0.05, 0) is 31.6 Å². The molecule has 2 fully saturated rings. The third kappa shape index (κ3) is 5.51. The molecule has 2 amide bonds. The van der Waals surface area contributed by atoms with Crippen LogP contribution in [0, 0.1) is 5.92 Å². The Bertz CT molecular complexity index is 349. The maximum absolute atomic E-state index is 12.1. The zero-order chi connectivity index (χ0) is 15.1. The molecule has 7 heteroatoms. The van der Waals surface area contributed by atoms with E-state index in [1.54, 1.807) is 4.90 Å². The molecule has 1 unspecified atom stereocenters. The number of carbonyl (C=O) groups is 2. The Morgan fingerprint density at radius 1 is 1.29 bits per heavy atom. The lowest BCUT2D eigenvalue weighted by Crippen LogP contribution is -2.47. The van der Waals surface area contributed by atoms with Crippen molar-refractivity contribution in [3.63, 3.8) is 0 Å². The van der Waals surface area contributed by atoms with Gasteiger partial charge >= 0.3 is 12.0 Å². The molecule has 2 aliphatic rings. The minimum atomic E-state index is -0.954. The first-order valence-electron chi connectivity index (χ1n) is 7.59. The van der Waals surface area contributed by atoms with Crippen molar-refractivity contribution < 1.29 is 24.2 Å². The van der Waals surface area contributed by atoms with Crippen molar-refractivity contribution in [2.75, 3.05) is 39.5 Å². The number of amides is 2. The number of nitrogens with zero attached hydrogens (tertiary/aromatic N) is 1. The second kappa shape index (κ2) is 8.19.